The van der Waals surface area contributed by atoms with Crippen LogP contribution in [-0.2, 0) is 15.0 Å². The van der Waals surface area contributed by atoms with Crippen LogP contribution in [0.25, 0.3) is 0 Å². The molecule has 1 aromatic carbocycles. The first-order chi connectivity index (χ1) is 9.21. The van der Waals surface area contributed by atoms with E-state index >= 15 is 0 Å². The van der Waals surface area contributed by atoms with Crippen LogP contribution in [0.4, 0.5) is 0 Å². The molecule has 0 bridgehead atoms. The number of carbonyl (C=O) groups excluding carboxylic acids is 2. The molecule has 0 spiro atoms. The molecule has 0 radical (unpaired) electrons. The third kappa shape index (κ3) is 2.46. The monoisotopic (exact) mass is 273 g/mol. The van der Waals surface area contributed by atoms with Crippen LogP contribution in [0, 0.1) is 0 Å². The Balaban J connectivity index is 2.35. The van der Waals surface area contributed by atoms with Crippen LogP contribution in [0.5, 0.6) is 0 Å². The van der Waals surface area contributed by atoms with Crippen molar-refractivity contribution in [3.63, 3.8) is 0 Å². The molecule has 106 valence electrons. The molecule has 2 N–H and O–H groups in total. The molecule has 4 heteroatoms. The van der Waals surface area contributed by atoms with Gasteiger partial charge in [-0.25, -0.2) is 0 Å². The molecule has 0 saturated carbocycles. The van der Waals surface area contributed by atoms with Crippen molar-refractivity contribution >= 4 is 11.7 Å². The number of carbonyl (C=O) groups is 2. The Morgan fingerprint density at radius 1 is 1.20 bits per heavy atom. The average Bonchev–Trinajstić information content (AvgIpc) is 2.64. The standard InChI is InChI=1S/C16H19NO3/c1-9(18)12-14(19)13(17-15(12)20)10-5-7-11(8-6-10)16(2,3)4/h5-8,13,19H,1-4H3,(H,17,20). The van der Waals surface area contributed by atoms with Gasteiger partial charge in [0.1, 0.15) is 17.4 Å². The molecule has 4 nitrogen and oxygen atoms in total. The van der Waals surface area contributed by atoms with Gasteiger partial charge in [0, 0.05) is 0 Å². The van der Waals surface area contributed by atoms with Crippen molar-refractivity contribution < 1.29 is 14.7 Å². The van der Waals surface area contributed by atoms with Gasteiger partial charge in [-0.05, 0) is 23.5 Å². The Labute approximate surface area is 118 Å². The second kappa shape index (κ2) is 4.78. The van der Waals surface area contributed by atoms with Gasteiger partial charge in [0.05, 0.1) is 0 Å². The average molecular weight is 273 g/mol. The molecule has 1 amide bonds. The van der Waals surface area contributed by atoms with Gasteiger partial charge in [0.25, 0.3) is 5.91 Å². The van der Waals surface area contributed by atoms with Crippen LogP contribution in [-0.4, -0.2) is 16.8 Å². The summed E-state index contributed by atoms with van der Waals surface area (Å²) in [6.45, 7) is 7.62. The smallest absolute Gasteiger partial charge is 0.259 e. The number of ketones is 1. The Morgan fingerprint density at radius 2 is 1.75 bits per heavy atom. The lowest BCUT2D eigenvalue weighted by Gasteiger charge is -2.20. The Hall–Kier alpha value is -2.10. The second-order valence-corrected chi connectivity index (χ2v) is 6.09. The summed E-state index contributed by atoms with van der Waals surface area (Å²) in [6.07, 6.45) is 0. The van der Waals surface area contributed by atoms with Gasteiger partial charge in [-0.3, -0.25) is 9.59 Å². The molecule has 0 aromatic heterocycles. The number of nitrogens with one attached hydrogen (secondary N) is 1. The van der Waals surface area contributed by atoms with Crippen LogP contribution in [0.3, 0.4) is 0 Å². The molecule has 1 aliphatic rings. The highest BCUT2D eigenvalue weighted by atomic mass is 16.3. The first-order valence-corrected chi connectivity index (χ1v) is 6.57. The van der Waals surface area contributed by atoms with E-state index in [1.807, 2.05) is 24.3 Å². The zero-order valence-corrected chi connectivity index (χ0v) is 12.2. The topological polar surface area (TPSA) is 66.4 Å². The van der Waals surface area contributed by atoms with E-state index in [1.165, 1.54) is 12.5 Å². The van der Waals surface area contributed by atoms with Crippen LogP contribution >= 0.6 is 0 Å². The van der Waals surface area contributed by atoms with E-state index in [-0.39, 0.29) is 16.7 Å². The van der Waals surface area contributed by atoms with Crippen molar-refractivity contribution in [1.29, 1.82) is 0 Å². The summed E-state index contributed by atoms with van der Waals surface area (Å²) in [5, 5.41) is 12.7. The maximum Gasteiger partial charge on any atom is 0.259 e. The number of aliphatic hydroxyl groups excluding tert-OH is 1. The lowest BCUT2D eigenvalue weighted by Crippen LogP contribution is -2.23. The minimum atomic E-state index is -0.629. The number of hydrogen-bond acceptors (Lipinski definition) is 3. The first-order valence-electron chi connectivity index (χ1n) is 6.57. The molecule has 0 fully saturated rings. The summed E-state index contributed by atoms with van der Waals surface area (Å²) in [5.41, 5.74) is 1.83. The normalized spacial score (nSPS) is 19.2. The van der Waals surface area contributed by atoms with Crippen LogP contribution in [0.2, 0.25) is 0 Å². The van der Waals surface area contributed by atoms with E-state index in [0.717, 1.165) is 5.56 Å². The number of hydrogen-bond donors (Lipinski definition) is 2. The zero-order chi connectivity index (χ0) is 15.1. The molecule has 2 rings (SSSR count). The summed E-state index contributed by atoms with van der Waals surface area (Å²) < 4.78 is 0. The van der Waals surface area contributed by atoms with E-state index in [0.29, 0.717) is 0 Å². The van der Waals surface area contributed by atoms with Gasteiger partial charge in [0.2, 0.25) is 0 Å². The molecule has 0 aliphatic carbocycles. The van der Waals surface area contributed by atoms with Gasteiger partial charge < -0.3 is 10.4 Å². The zero-order valence-electron chi connectivity index (χ0n) is 12.2. The summed E-state index contributed by atoms with van der Waals surface area (Å²) >= 11 is 0. The Bertz CT molecular complexity index is 591. The van der Waals surface area contributed by atoms with Crippen molar-refractivity contribution in [3.8, 4) is 0 Å². The quantitative estimate of drug-likeness (QED) is 0.814. The number of benzene rings is 1. The third-order valence-corrected chi connectivity index (χ3v) is 3.49. The van der Waals surface area contributed by atoms with Crippen molar-refractivity contribution in [2.45, 2.75) is 39.2 Å². The maximum absolute atomic E-state index is 11.7. The molecule has 0 saturated heterocycles. The van der Waals surface area contributed by atoms with Gasteiger partial charge in [-0.15, -0.1) is 0 Å². The minimum absolute atomic E-state index is 0.0416. The number of aliphatic hydroxyl groups is 1. The van der Waals surface area contributed by atoms with Gasteiger partial charge in [0.15, 0.2) is 5.78 Å². The van der Waals surface area contributed by atoms with Crippen molar-refractivity contribution in [2.24, 2.45) is 0 Å². The highest BCUT2D eigenvalue weighted by Gasteiger charge is 2.35. The predicted octanol–water partition coefficient (Wildman–Crippen LogP) is 2.56. The fourth-order valence-electron chi connectivity index (χ4n) is 2.29. The maximum atomic E-state index is 11.7. The molecular formula is C16H19NO3. The van der Waals surface area contributed by atoms with E-state index in [9.17, 15) is 14.7 Å². The molecule has 1 heterocycles. The summed E-state index contributed by atoms with van der Waals surface area (Å²) in [7, 11) is 0. The largest absolute Gasteiger partial charge is 0.509 e. The second-order valence-electron chi connectivity index (χ2n) is 6.09. The minimum Gasteiger partial charge on any atom is -0.509 e. The highest BCUT2D eigenvalue weighted by molar-refractivity contribution is 6.20. The summed E-state index contributed by atoms with van der Waals surface area (Å²) in [4.78, 5) is 23.0. The molecule has 1 aliphatic heterocycles. The Kier molecular flexibility index (Phi) is 3.42. The SMILES string of the molecule is CC(=O)C1=C(O)C(c2ccc(C(C)(C)C)cc2)NC1=O. The lowest BCUT2D eigenvalue weighted by atomic mass is 9.86. The van der Waals surface area contributed by atoms with E-state index in [1.54, 1.807) is 0 Å². The van der Waals surface area contributed by atoms with E-state index in [2.05, 4.69) is 26.1 Å². The molecule has 20 heavy (non-hydrogen) atoms. The Morgan fingerprint density at radius 3 is 2.15 bits per heavy atom. The van der Waals surface area contributed by atoms with E-state index in [4.69, 9.17) is 0 Å². The molecule has 1 aromatic rings. The molecule has 1 atom stereocenters. The number of amides is 1. The van der Waals surface area contributed by atoms with Crippen molar-refractivity contribution in [2.75, 3.05) is 0 Å². The molecule has 1 unspecified atom stereocenters. The highest BCUT2D eigenvalue weighted by Crippen LogP contribution is 2.30. The van der Waals surface area contributed by atoms with Crippen molar-refractivity contribution in [1.82, 2.24) is 5.32 Å². The summed E-state index contributed by atoms with van der Waals surface area (Å²) in [5.74, 6) is -1.13. The predicted molar refractivity (Wildman–Crippen MR) is 76.4 cm³/mol. The lowest BCUT2D eigenvalue weighted by molar-refractivity contribution is -0.121. The number of Topliss-reactive ketones (excluding diaryl/α,β-unsaturated/α-hetero) is 1. The van der Waals surface area contributed by atoms with E-state index < -0.39 is 17.7 Å². The fourth-order valence-corrected chi connectivity index (χ4v) is 2.29. The van der Waals surface area contributed by atoms with Gasteiger partial charge in [-0.1, -0.05) is 45.0 Å². The number of rotatable bonds is 2. The van der Waals surface area contributed by atoms with Crippen LogP contribution in [0.1, 0.15) is 44.9 Å². The first kappa shape index (κ1) is 14.3. The van der Waals surface area contributed by atoms with Crippen LogP contribution < -0.4 is 5.32 Å². The van der Waals surface area contributed by atoms with Gasteiger partial charge in [-0.2, -0.15) is 0 Å². The molecular weight excluding hydrogens is 254 g/mol. The van der Waals surface area contributed by atoms with Crippen LogP contribution in [0.15, 0.2) is 35.6 Å². The van der Waals surface area contributed by atoms with Crippen molar-refractivity contribution in [3.05, 3.63) is 46.7 Å². The third-order valence-electron chi connectivity index (χ3n) is 3.49. The fraction of sp³-hybridized carbons (Fsp3) is 0.375. The summed E-state index contributed by atoms with van der Waals surface area (Å²) in [6, 6.07) is 7.05. The van der Waals surface area contributed by atoms with Gasteiger partial charge >= 0.3 is 0 Å².